The Balaban J connectivity index is 1.41. The SMILES string of the molecule is c1ccc(CCNc2nc(-c3ccc4c(c3)OCCO4)cs2)cc1. The maximum Gasteiger partial charge on any atom is 0.183 e. The molecule has 0 fully saturated rings. The lowest BCUT2D eigenvalue weighted by Crippen LogP contribution is -2.15. The van der Waals surface area contributed by atoms with E-state index in [2.05, 4.69) is 39.9 Å². The minimum atomic E-state index is 0.597. The zero-order valence-corrected chi connectivity index (χ0v) is 14.0. The maximum atomic E-state index is 5.64. The van der Waals surface area contributed by atoms with Gasteiger partial charge in [0.15, 0.2) is 16.6 Å². The van der Waals surface area contributed by atoms with E-state index in [1.54, 1.807) is 11.3 Å². The highest BCUT2D eigenvalue weighted by molar-refractivity contribution is 7.14. The summed E-state index contributed by atoms with van der Waals surface area (Å²) in [5.74, 6) is 1.60. The third-order valence-electron chi connectivity index (χ3n) is 3.87. The van der Waals surface area contributed by atoms with Crippen LogP contribution in [0.3, 0.4) is 0 Å². The molecule has 2 aromatic carbocycles. The summed E-state index contributed by atoms with van der Waals surface area (Å²) in [6.07, 6.45) is 0.986. The van der Waals surface area contributed by atoms with Gasteiger partial charge in [0.2, 0.25) is 0 Å². The molecule has 0 atom stereocenters. The van der Waals surface area contributed by atoms with Crippen molar-refractivity contribution in [1.82, 2.24) is 4.98 Å². The van der Waals surface area contributed by atoms with Gasteiger partial charge in [0, 0.05) is 17.5 Å². The number of nitrogens with one attached hydrogen (secondary N) is 1. The lowest BCUT2D eigenvalue weighted by molar-refractivity contribution is 0.171. The van der Waals surface area contributed by atoms with Gasteiger partial charge in [0.05, 0.1) is 5.69 Å². The molecule has 1 aliphatic heterocycles. The first-order chi connectivity index (χ1) is 11.9. The first-order valence-corrected chi connectivity index (χ1v) is 8.90. The predicted molar refractivity (Wildman–Crippen MR) is 97.2 cm³/mol. The van der Waals surface area contributed by atoms with Gasteiger partial charge >= 0.3 is 0 Å². The molecule has 0 radical (unpaired) electrons. The number of anilines is 1. The minimum absolute atomic E-state index is 0.597. The molecule has 1 N–H and O–H groups in total. The molecular formula is C19H18N2O2S. The summed E-state index contributed by atoms with van der Waals surface area (Å²) in [6.45, 7) is 2.08. The monoisotopic (exact) mass is 338 g/mol. The first-order valence-electron chi connectivity index (χ1n) is 8.02. The summed E-state index contributed by atoms with van der Waals surface area (Å²) >= 11 is 1.62. The first kappa shape index (κ1) is 15.0. The van der Waals surface area contributed by atoms with Crippen LogP contribution in [0.15, 0.2) is 53.9 Å². The molecule has 0 unspecified atom stereocenters. The fourth-order valence-corrected chi connectivity index (χ4v) is 3.40. The molecule has 1 aliphatic rings. The van der Waals surface area contributed by atoms with Gasteiger partial charge in [-0.3, -0.25) is 0 Å². The lowest BCUT2D eigenvalue weighted by Gasteiger charge is -2.18. The van der Waals surface area contributed by atoms with Gasteiger partial charge in [-0.15, -0.1) is 11.3 Å². The van der Waals surface area contributed by atoms with Gasteiger partial charge in [-0.05, 0) is 30.2 Å². The fourth-order valence-electron chi connectivity index (χ4n) is 2.65. The van der Waals surface area contributed by atoms with Crippen molar-refractivity contribution in [2.45, 2.75) is 6.42 Å². The van der Waals surface area contributed by atoms with Crippen LogP contribution < -0.4 is 14.8 Å². The van der Waals surface area contributed by atoms with E-state index in [1.807, 2.05) is 24.3 Å². The zero-order chi connectivity index (χ0) is 16.2. The van der Waals surface area contributed by atoms with Crippen LogP contribution in [-0.2, 0) is 6.42 Å². The lowest BCUT2D eigenvalue weighted by atomic mass is 10.1. The van der Waals surface area contributed by atoms with Crippen molar-refractivity contribution in [3.8, 4) is 22.8 Å². The van der Waals surface area contributed by atoms with Crippen molar-refractivity contribution < 1.29 is 9.47 Å². The minimum Gasteiger partial charge on any atom is -0.486 e. The number of nitrogens with zero attached hydrogens (tertiary/aromatic N) is 1. The van der Waals surface area contributed by atoms with Crippen molar-refractivity contribution >= 4 is 16.5 Å². The van der Waals surface area contributed by atoms with Gasteiger partial charge in [0.25, 0.3) is 0 Å². The molecule has 24 heavy (non-hydrogen) atoms. The third-order valence-corrected chi connectivity index (χ3v) is 4.67. The maximum absolute atomic E-state index is 5.64. The zero-order valence-electron chi connectivity index (χ0n) is 13.2. The fraction of sp³-hybridized carbons (Fsp3) is 0.211. The smallest absolute Gasteiger partial charge is 0.183 e. The summed E-state index contributed by atoms with van der Waals surface area (Å²) in [4.78, 5) is 4.67. The standard InChI is InChI=1S/C19H18N2O2S/c1-2-4-14(5-3-1)8-9-20-19-21-16(13-24-19)15-6-7-17-18(12-15)23-11-10-22-17/h1-7,12-13H,8-11H2,(H,20,21). The second-order valence-corrected chi connectivity index (χ2v) is 6.42. The van der Waals surface area contributed by atoms with Gasteiger partial charge in [-0.2, -0.15) is 0 Å². The van der Waals surface area contributed by atoms with Crippen LogP contribution in [0.25, 0.3) is 11.3 Å². The molecule has 4 rings (SSSR count). The molecule has 0 amide bonds. The summed E-state index contributed by atoms with van der Waals surface area (Å²) in [6, 6.07) is 16.4. The molecule has 2 heterocycles. The van der Waals surface area contributed by atoms with Gasteiger partial charge in [-0.25, -0.2) is 4.98 Å². The molecule has 0 saturated carbocycles. The van der Waals surface area contributed by atoms with Crippen molar-refractivity contribution in [3.05, 3.63) is 59.5 Å². The van der Waals surface area contributed by atoms with Crippen LogP contribution in [0.2, 0.25) is 0 Å². The Morgan fingerprint density at radius 2 is 1.83 bits per heavy atom. The number of benzene rings is 2. The molecule has 122 valence electrons. The van der Waals surface area contributed by atoms with E-state index in [9.17, 15) is 0 Å². The molecule has 0 bridgehead atoms. The predicted octanol–water partition coefficient (Wildman–Crippen LogP) is 4.24. The van der Waals surface area contributed by atoms with E-state index in [1.165, 1.54) is 5.56 Å². The van der Waals surface area contributed by atoms with E-state index < -0.39 is 0 Å². The van der Waals surface area contributed by atoms with Crippen LogP contribution in [0.4, 0.5) is 5.13 Å². The number of thiazole rings is 1. The number of ether oxygens (including phenoxy) is 2. The average Bonchev–Trinajstić information content (AvgIpc) is 3.11. The van der Waals surface area contributed by atoms with E-state index in [0.717, 1.165) is 40.9 Å². The summed E-state index contributed by atoms with van der Waals surface area (Å²) < 4.78 is 11.2. The van der Waals surface area contributed by atoms with Gasteiger partial charge < -0.3 is 14.8 Å². The normalized spacial score (nSPS) is 12.8. The molecule has 1 aromatic heterocycles. The van der Waals surface area contributed by atoms with E-state index in [-0.39, 0.29) is 0 Å². The summed E-state index contributed by atoms with van der Waals surface area (Å²) in [5.41, 5.74) is 3.33. The molecule has 0 spiro atoms. The Morgan fingerprint density at radius 3 is 2.71 bits per heavy atom. The van der Waals surface area contributed by atoms with E-state index in [0.29, 0.717) is 13.2 Å². The van der Waals surface area contributed by atoms with Crippen molar-refractivity contribution in [3.63, 3.8) is 0 Å². The Kier molecular flexibility index (Phi) is 4.34. The summed E-state index contributed by atoms with van der Waals surface area (Å²) in [5, 5.41) is 6.40. The van der Waals surface area contributed by atoms with Crippen molar-refractivity contribution in [2.24, 2.45) is 0 Å². The number of hydrogen-bond acceptors (Lipinski definition) is 5. The molecular weight excluding hydrogens is 320 g/mol. The quantitative estimate of drug-likeness (QED) is 0.756. The Hall–Kier alpha value is -2.53. The third kappa shape index (κ3) is 3.36. The average molecular weight is 338 g/mol. The van der Waals surface area contributed by atoms with E-state index in [4.69, 9.17) is 9.47 Å². The highest BCUT2D eigenvalue weighted by atomic mass is 32.1. The molecule has 0 aliphatic carbocycles. The van der Waals surface area contributed by atoms with Gasteiger partial charge in [0.1, 0.15) is 13.2 Å². The van der Waals surface area contributed by atoms with Crippen LogP contribution in [0.1, 0.15) is 5.56 Å². The molecule has 0 saturated heterocycles. The second-order valence-electron chi connectivity index (χ2n) is 5.56. The summed E-state index contributed by atoms with van der Waals surface area (Å²) in [7, 11) is 0. The number of hydrogen-bond donors (Lipinski definition) is 1. The number of fused-ring (bicyclic) bond motifs is 1. The van der Waals surface area contributed by atoms with E-state index >= 15 is 0 Å². The highest BCUT2D eigenvalue weighted by Crippen LogP contribution is 2.35. The molecule has 5 heteroatoms. The van der Waals surface area contributed by atoms with Crippen molar-refractivity contribution in [1.29, 1.82) is 0 Å². The van der Waals surface area contributed by atoms with Crippen LogP contribution in [-0.4, -0.2) is 24.7 Å². The van der Waals surface area contributed by atoms with Crippen LogP contribution >= 0.6 is 11.3 Å². The van der Waals surface area contributed by atoms with Crippen LogP contribution in [0.5, 0.6) is 11.5 Å². The second kappa shape index (κ2) is 6.93. The number of rotatable bonds is 5. The van der Waals surface area contributed by atoms with Crippen molar-refractivity contribution in [2.75, 3.05) is 25.1 Å². The molecule has 3 aromatic rings. The highest BCUT2D eigenvalue weighted by Gasteiger charge is 2.13. The largest absolute Gasteiger partial charge is 0.486 e. The Labute approximate surface area is 145 Å². The van der Waals surface area contributed by atoms with Crippen LogP contribution in [0, 0.1) is 0 Å². The molecule has 4 nitrogen and oxygen atoms in total. The Morgan fingerprint density at radius 1 is 1.00 bits per heavy atom. The topological polar surface area (TPSA) is 43.4 Å². The Bertz CT molecular complexity index is 817. The van der Waals surface area contributed by atoms with Gasteiger partial charge in [-0.1, -0.05) is 30.3 Å². The number of aromatic nitrogens is 1.